The summed E-state index contributed by atoms with van der Waals surface area (Å²) < 4.78 is 72.8. The maximum atomic E-state index is 12.9. The Morgan fingerprint density at radius 2 is 0.636 bits per heavy atom. The normalized spacial score (nSPS) is 11.9. The molecule has 0 aliphatic rings. The minimum atomic E-state index is -4.65. The van der Waals surface area contributed by atoms with Crippen LogP contribution in [-0.2, 0) is 20.2 Å². The van der Waals surface area contributed by atoms with Gasteiger partial charge in [0.05, 0.1) is 0 Å². The Morgan fingerprint density at radius 1 is 0.345 bits per heavy atom. The number of hydrogen-bond acceptors (Lipinski definition) is 4. The fourth-order valence-corrected chi connectivity index (χ4v) is 13.5. The zero-order chi connectivity index (χ0) is 37.5. The molecule has 0 heterocycles. The predicted molar refractivity (Wildman–Crippen MR) is 225 cm³/mol. The van der Waals surface area contributed by atoms with Crippen molar-refractivity contribution in [3.63, 3.8) is 0 Å². The molecule has 0 bridgehead atoms. The van der Waals surface area contributed by atoms with E-state index in [9.17, 15) is 25.9 Å². The van der Waals surface area contributed by atoms with Gasteiger partial charge in [0.2, 0.25) is 0 Å². The molecule has 0 unspecified atom stereocenters. The topological polar surface area (TPSA) is 109 Å². The first kappa shape index (κ1) is 39.2. The van der Waals surface area contributed by atoms with Crippen LogP contribution in [0.25, 0.3) is 32.7 Å². The molecule has 0 saturated heterocycles. The van der Waals surface area contributed by atoms with Crippen LogP contribution < -0.4 is 61.4 Å². The van der Waals surface area contributed by atoms with Crippen LogP contribution in [0.4, 0.5) is 0 Å². The van der Waals surface area contributed by atoms with Crippen molar-refractivity contribution in [1.29, 1.82) is 0 Å². The van der Waals surface area contributed by atoms with Crippen molar-refractivity contribution in [1.82, 2.24) is 0 Å². The molecular formula is C44H33NaO6P2S2. The molecule has 0 aromatic heterocycles. The summed E-state index contributed by atoms with van der Waals surface area (Å²) >= 11 is 0. The molecule has 0 aliphatic heterocycles. The van der Waals surface area contributed by atoms with Crippen molar-refractivity contribution in [3.8, 4) is 11.1 Å². The molecule has 11 heteroatoms. The third kappa shape index (κ3) is 7.73. The summed E-state index contributed by atoms with van der Waals surface area (Å²) in [6.45, 7) is 0. The van der Waals surface area contributed by atoms with E-state index in [0.29, 0.717) is 32.7 Å². The first-order valence-electron chi connectivity index (χ1n) is 17.0. The predicted octanol–water partition coefficient (Wildman–Crippen LogP) is 4.79. The maximum absolute atomic E-state index is 12.9. The number of hydrogen-bond donors (Lipinski definition) is 2. The Balaban J connectivity index is 0.00000266. The van der Waals surface area contributed by atoms with Gasteiger partial charge in [-0.05, 0) is 81.7 Å². The first-order chi connectivity index (χ1) is 26.1. The molecule has 6 nitrogen and oxygen atoms in total. The molecule has 0 radical (unpaired) electrons. The molecule has 8 rings (SSSR count). The Kier molecular flexibility index (Phi) is 11.6. The van der Waals surface area contributed by atoms with Crippen molar-refractivity contribution in [3.05, 3.63) is 182 Å². The summed E-state index contributed by atoms with van der Waals surface area (Å²) in [5, 5.41) is 7.83. The SMILES string of the molecule is O=S(=O)(O)c1cccc2c(-c3c(P(c4ccccc4)c4ccccc4)ccc4c(S(=O)(=O)O)cccc34)c(P(c3ccccc3)c3ccccc3)ccc12.[H-].[Na+]. The van der Waals surface area contributed by atoms with Crippen LogP contribution >= 0.6 is 15.8 Å². The molecule has 0 fully saturated rings. The fraction of sp³-hybridized carbons (Fsp3) is 0. The van der Waals surface area contributed by atoms with E-state index in [4.69, 9.17) is 0 Å². The van der Waals surface area contributed by atoms with Gasteiger partial charge in [-0.3, -0.25) is 9.11 Å². The van der Waals surface area contributed by atoms with Gasteiger partial charge < -0.3 is 1.43 Å². The summed E-state index contributed by atoms with van der Waals surface area (Å²) in [5.74, 6) is 0. The second kappa shape index (κ2) is 16.2. The fourth-order valence-electron chi connectivity index (χ4n) is 7.15. The standard InChI is InChI=1S/C44H32O6P2S2.Na.H/c45-53(46,47)41-25-13-23-37-35(41)27-29-39(51(31-15-5-1-6-16-31)32-17-7-2-8-18-32)43(37)44-38-24-14-26-42(54(48,49)50)36(38)28-30-40(44)52(33-19-9-3-10-20-33)34-21-11-4-12-22-34;;/h1-30H,(H,45,46,47)(H,48,49,50);;/q;+1;-1. The molecule has 2 N–H and O–H groups in total. The van der Waals surface area contributed by atoms with Crippen molar-refractivity contribution in [2.24, 2.45) is 0 Å². The average molecular weight is 807 g/mol. The molecule has 0 saturated carbocycles. The van der Waals surface area contributed by atoms with Crippen LogP contribution in [0.15, 0.2) is 192 Å². The van der Waals surface area contributed by atoms with Crippen LogP contribution in [0.5, 0.6) is 0 Å². The van der Waals surface area contributed by atoms with Crippen LogP contribution in [0.1, 0.15) is 1.43 Å². The molecule has 55 heavy (non-hydrogen) atoms. The zero-order valence-corrected chi connectivity index (χ0v) is 35.0. The number of rotatable bonds is 9. The van der Waals surface area contributed by atoms with E-state index in [1.54, 1.807) is 24.3 Å². The summed E-state index contributed by atoms with van der Waals surface area (Å²) in [7, 11) is -11.9. The minimum absolute atomic E-state index is 0. The number of fused-ring (bicyclic) bond motifs is 2. The summed E-state index contributed by atoms with van der Waals surface area (Å²) in [4.78, 5) is -0.462. The average Bonchev–Trinajstić information content (AvgIpc) is 3.18. The molecule has 8 aromatic carbocycles. The molecular weight excluding hydrogens is 774 g/mol. The van der Waals surface area contributed by atoms with Gasteiger partial charge in [-0.25, -0.2) is 0 Å². The molecule has 0 amide bonds. The quantitative estimate of drug-likeness (QED) is 0.124. The first-order valence-corrected chi connectivity index (χ1v) is 22.5. The third-order valence-corrected chi connectivity index (χ3v) is 16.1. The van der Waals surface area contributed by atoms with E-state index in [1.165, 1.54) is 12.1 Å². The van der Waals surface area contributed by atoms with Crippen molar-refractivity contribution < 1.29 is 56.9 Å². The molecule has 8 aromatic rings. The Morgan fingerprint density at radius 3 is 0.909 bits per heavy atom. The van der Waals surface area contributed by atoms with E-state index in [-0.39, 0.29) is 40.8 Å². The van der Waals surface area contributed by atoms with Gasteiger partial charge in [-0.15, -0.1) is 0 Å². The van der Waals surface area contributed by atoms with Gasteiger partial charge in [0.25, 0.3) is 20.2 Å². The van der Waals surface area contributed by atoms with E-state index < -0.39 is 36.1 Å². The van der Waals surface area contributed by atoms with Crippen molar-refractivity contribution >= 4 is 89.5 Å². The zero-order valence-electron chi connectivity index (χ0n) is 30.6. The van der Waals surface area contributed by atoms with Crippen LogP contribution in [-0.4, -0.2) is 25.9 Å². The van der Waals surface area contributed by atoms with Crippen LogP contribution in [0.2, 0.25) is 0 Å². The Bertz CT molecular complexity index is 2610. The summed E-state index contributed by atoms with van der Waals surface area (Å²) in [5.41, 5.74) is 1.42. The van der Waals surface area contributed by atoms with Gasteiger partial charge in [0.15, 0.2) is 0 Å². The van der Waals surface area contributed by atoms with Gasteiger partial charge in [-0.2, -0.15) is 16.8 Å². The Hall–Kier alpha value is -4.04. The van der Waals surface area contributed by atoms with Gasteiger partial charge in [-0.1, -0.05) is 170 Å². The van der Waals surface area contributed by atoms with Gasteiger partial charge in [0, 0.05) is 10.8 Å². The van der Waals surface area contributed by atoms with Crippen LogP contribution in [0, 0.1) is 0 Å². The van der Waals surface area contributed by atoms with E-state index in [1.807, 2.05) is 97.1 Å². The third-order valence-electron chi connectivity index (χ3n) is 9.34. The second-order valence-electron chi connectivity index (χ2n) is 12.6. The summed E-state index contributed by atoms with van der Waals surface area (Å²) in [6, 6.07) is 57.7. The van der Waals surface area contributed by atoms with Gasteiger partial charge >= 0.3 is 29.6 Å². The molecule has 0 atom stereocenters. The molecule has 268 valence electrons. The maximum Gasteiger partial charge on any atom is 1.00 e. The molecule has 0 aliphatic carbocycles. The smallest absolute Gasteiger partial charge is 1.00 e. The second-order valence-corrected chi connectivity index (χ2v) is 19.7. The van der Waals surface area contributed by atoms with Crippen LogP contribution in [0.3, 0.4) is 0 Å². The summed E-state index contributed by atoms with van der Waals surface area (Å²) in [6.07, 6.45) is 0. The Labute approximate surface area is 346 Å². The van der Waals surface area contributed by atoms with Crippen molar-refractivity contribution in [2.45, 2.75) is 9.79 Å². The molecule has 0 spiro atoms. The monoisotopic (exact) mass is 806 g/mol. The van der Waals surface area contributed by atoms with E-state index >= 15 is 0 Å². The minimum Gasteiger partial charge on any atom is -1.00 e. The van der Waals surface area contributed by atoms with E-state index in [0.717, 1.165) is 31.8 Å². The van der Waals surface area contributed by atoms with Crippen molar-refractivity contribution in [2.75, 3.05) is 0 Å². The van der Waals surface area contributed by atoms with E-state index in [2.05, 4.69) is 48.5 Å². The van der Waals surface area contributed by atoms with Gasteiger partial charge in [0.1, 0.15) is 9.79 Å². The largest absolute Gasteiger partial charge is 1.00 e. The number of benzene rings is 8.